The maximum absolute atomic E-state index is 12.3. The Morgan fingerprint density at radius 3 is 2.84 bits per heavy atom. The summed E-state index contributed by atoms with van der Waals surface area (Å²) >= 11 is 0. The van der Waals surface area contributed by atoms with Crippen molar-refractivity contribution in [3.63, 3.8) is 0 Å². The minimum absolute atomic E-state index is 0.218. The van der Waals surface area contributed by atoms with Crippen molar-refractivity contribution in [2.75, 3.05) is 20.3 Å². The molecule has 1 saturated heterocycles. The molecular weight excluding hydrogens is 262 g/mol. The molecule has 0 amide bonds. The van der Waals surface area contributed by atoms with E-state index in [9.17, 15) is 4.21 Å². The number of rotatable bonds is 4. The molecule has 0 bridgehead atoms. The molecule has 0 N–H and O–H groups in total. The van der Waals surface area contributed by atoms with E-state index >= 15 is 0 Å². The molecule has 1 aromatic rings. The Bertz CT molecular complexity index is 504. The predicted molar refractivity (Wildman–Crippen MR) is 73.4 cm³/mol. The van der Waals surface area contributed by atoms with E-state index in [4.69, 9.17) is 14.7 Å². The zero-order chi connectivity index (χ0) is 13.7. The lowest BCUT2D eigenvalue weighted by molar-refractivity contribution is 0.0992. The van der Waals surface area contributed by atoms with Crippen molar-refractivity contribution in [1.82, 2.24) is 0 Å². The fraction of sp³-hybridized carbons (Fsp3) is 0.500. The quantitative estimate of drug-likeness (QED) is 0.845. The van der Waals surface area contributed by atoms with Gasteiger partial charge in [0, 0.05) is 35.0 Å². The van der Waals surface area contributed by atoms with Crippen molar-refractivity contribution in [3.05, 3.63) is 29.3 Å². The Kier molecular flexibility index (Phi) is 4.94. The van der Waals surface area contributed by atoms with Crippen molar-refractivity contribution < 1.29 is 13.7 Å². The Morgan fingerprint density at radius 1 is 1.47 bits per heavy atom. The van der Waals surface area contributed by atoms with Gasteiger partial charge in [0.2, 0.25) is 0 Å². The Labute approximate surface area is 115 Å². The summed E-state index contributed by atoms with van der Waals surface area (Å²) < 4.78 is 22.7. The van der Waals surface area contributed by atoms with Crippen LogP contribution in [0.5, 0.6) is 5.75 Å². The molecule has 0 aromatic heterocycles. The normalized spacial score (nSPS) is 17.7. The van der Waals surface area contributed by atoms with Gasteiger partial charge in [-0.25, -0.2) is 0 Å². The molecule has 1 aromatic carbocycles. The number of benzene rings is 1. The number of nitrogens with zero attached hydrogens (tertiary/aromatic N) is 1. The second-order valence-corrected chi connectivity index (χ2v) is 6.20. The highest BCUT2D eigenvalue weighted by Crippen LogP contribution is 2.22. The van der Waals surface area contributed by atoms with Crippen LogP contribution in [0.2, 0.25) is 0 Å². The Balaban J connectivity index is 2.06. The molecule has 0 saturated carbocycles. The van der Waals surface area contributed by atoms with Crippen LogP contribution in [0.4, 0.5) is 0 Å². The molecule has 102 valence electrons. The zero-order valence-corrected chi connectivity index (χ0v) is 11.7. The third-order valence-corrected chi connectivity index (χ3v) is 5.07. The van der Waals surface area contributed by atoms with Gasteiger partial charge < -0.3 is 9.47 Å². The van der Waals surface area contributed by atoms with Crippen LogP contribution in [0, 0.1) is 11.3 Å². The molecule has 1 atom stereocenters. The maximum atomic E-state index is 12.3. The van der Waals surface area contributed by atoms with E-state index in [2.05, 4.69) is 6.07 Å². The second kappa shape index (κ2) is 6.69. The van der Waals surface area contributed by atoms with Crippen LogP contribution in [-0.2, 0) is 21.3 Å². The highest BCUT2D eigenvalue weighted by atomic mass is 32.2. The monoisotopic (exact) mass is 279 g/mol. The van der Waals surface area contributed by atoms with Gasteiger partial charge in [-0.1, -0.05) is 6.07 Å². The van der Waals surface area contributed by atoms with Crippen LogP contribution in [-0.4, -0.2) is 29.8 Å². The average Bonchev–Trinajstić information content (AvgIpc) is 2.48. The van der Waals surface area contributed by atoms with Crippen molar-refractivity contribution in [3.8, 4) is 11.8 Å². The number of ether oxygens (including phenoxy) is 2. The maximum Gasteiger partial charge on any atom is 0.136 e. The lowest BCUT2D eigenvalue weighted by Gasteiger charge is -2.21. The third-order valence-electron chi connectivity index (χ3n) is 3.24. The van der Waals surface area contributed by atoms with E-state index in [-0.39, 0.29) is 5.25 Å². The first-order chi connectivity index (χ1) is 9.24. The topological polar surface area (TPSA) is 59.3 Å². The molecular formula is C14H17NO3S. The SMILES string of the molecule is COc1cc(CS(=O)C2CCOCC2)ccc1C#N. The summed E-state index contributed by atoms with van der Waals surface area (Å²) in [6, 6.07) is 7.44. The number of methoxy groups -OCH3 is 1. The smallest absolute Gasteiger partial charge is 0.136 e. The molecule has 4 nitrogen and oxygen atoms in total. The van der Waals surface area contributed by atoms with Gasteiger partial charge in [0.15, 0.2) is 0 Å². The first-order valence-electron chi connectivity index (χ1n) is 6.26. The van der Waals surface area contributed by atoms with Crippen molar-refractivity contribution in [2.24, 2.45) is 0 Å². The van der Waals surface area contributed by atoms with Crippen LogP contribution in [0.15, 0.2) is 18.2 Å². The third kappa shape index (κ3) is 3.55. The molecule has 5 heteroatoms. The highest BCUT2D eigenvalue weighted by Gasteiger charge is 2.20. The van der Waals surface area contributed by atoms with Gasteiger partial charge >= 0.3 is 0 Å². The van der Waals surface area contributed by atoms with E-state index in [0.29, 0.717) is 30.3 Å². The standard InChI is InChI=1S/C14H17NO3S/c1-17-14-8-11(2-3-12(14)9-15)10-19(16)13-4-6-18-7-5-13/h2-3,8,13H,4-7,10H2,1H3. The van der Waals surface area contributed by atoms with Crippen molar-refractivity contribution in [2.45, 2.75) is 23.8 Å². The molecule has 0 radical (unpaired) electrons. The number of hydrogen-bond acceptors (Lipinski definition) is 4. The second-order valence-electron chi connectivity index (χ2n) is 4.48. The molecule has 1 heterocycles. The fourth-order valence-corrected chi connectivity index (χ4v) is 3.60. The summed E-state index contributed by atoms with van der Waals surface area (Å²) in [5.41, 5.74) is 1.45. The van der Waals surface area contributed by atoms with Crippen LogP contribution in [0.25, 0.3) is 0 Å². The summed E-state index contributed by atoms with van der Waals surface area (Å²) in [4.78, 5) is 0. The van der Waals surface area contributed by atoms with Crippen molar-refractivity contribution in [1.29, 1.82) is 5.26 Å². The molecule has 0 spiro atoms. The highest BCUT2D eigenvalue weighted by molar-refractivity contribution is 7.84. The van der Waals surface area contributed by atoms with Gasteiger partial charge in [0.1, 0.15) is 11.8 Å². The van der Waals surface area contributed by atoms with Crippen molar-refractivity contribution >= 4 is 10.8 Å². The van der Waals surface area contributed by atoms with Crippen LogP contribution >= 0.6 is 0 Å². The summed E-state index contributed by atoms with van der Waals surface area (Å²) in [6.07, 6.45) is 1.72. The lowest BCUT2D eigenvalue weighted by atomic mass is 10.1. The van der Waals surface area contributed by atoms with Gasteiger partial charge in [-0.3, -0.25) is 4.21 Å². The van der Waals surface area contributed by atoms with Crippen LogP contribution in [0.1, 0.15) is 24.0 Å². The average molecular weight is 279 g/mol. The summed E-state index contributed by atoms with van der Waals surface area (Å²) in [6.45, 7) is 1.40. The molecule has 19 heavy (non-hydrogen) atoms. The van der Waals surface area contributed by atoms with Crippen LogP contribution in [0.3, 0.4) is 0 Å². The number of nitriles is 1. The minimum Gasteiger partial charge on any atom is -0.495 e. The Hall–Kier alpha value is -1.38. The largest absolute Gasteiger partial charge is 0.495 e. The molecule has 0 aliphatic carbocycles. The molecule has 1 fully saturated rings. The van der Waals surface area contributed by atoms with E-state index in [1.807, 2.05) is 6.07 Å². The summed E-state index contributed by atoms with van der Waals surface area (Å²) in [5.74, 6) is 1.05. The Morgan fingerprint density at radius 2 is 2.21 bits per heavy atom. The summed E-state index contributed by atoms with van der Waals surface area (Å²) in [7, 11) is 0.642. The van der Waals surface area contributed by atoms with Gasteiger partial charge in [-0.2, -0.15) is 5.26 Å². The van der Waals surface area contributed by atoms with E-state index in [1.54, 1.807) is 12.1 Å². The van der Waals surface area contributed by atoms with Gasteiger partial charge in [0.25, 0.3) is 0 Å². The van der Waals surface area contributed by atoms with E-state index < -0.39 is 10.8 Å². The predicted octanol–water partition coefficient (Wildman–Crippen LogP) is 1.99. The van der Waals surface area contributed by atoms with Gasteiger partial charge in [-0.15, -0.1) is 0 Å². The first-order valence-corrected chi connectivity index (χ1v) is 7.64. The van der Waals surface area contributed by atoms with E-state index in [0.717, 1.165) is 18.4 Å². The molecule has 1 aliphatic rings. The number of hydrogen-bond donors (Lipinski definition) is 0. The molecule has 2 rings (SSSR count). The van der Waals surface area contributed by atoms with Crippen LogP contribution < -0.4 is 4.74 Å². The van der Waals surface area contributed by atoms with Gasteiger partial charge in [-0.05, 0) is 30.5 Å². The zero-order valence-electron chi connectivity index (χ0n) is 10.9. The molecule has 1 aliphatic heterocycles. The van der Waals surface area contributed by atoms with E-state index in [1.165, 1.54) is 7.11 Å². The minimum atomic E-state index is -0.895. The molecule has 1 unspecified atom stereocenters. The summed E-state index contributed by atoms with van der Waals surface area (Å²) in [5, 5.41) is 9.14. The lowest BCUT2D eigenvalue weighted by Crippen LogP contribution is -2.25. The van der Waals surface area contributed by atoms with Gasteiger partial charge in [0.05, 0.1) is 12.7 Å². The fourth-order valence-electron chi connectivity index (χ4n) is 2.14. The first kappa shape index (κ1) is 14.0.